The Morgan fingerprint density at radius 2 is 1.45 bits per heavy atom. The van der Waals surface area contributed by atoms with E-state index < -0.39 is 0 Å². The topological polar surface area (TPSA) is 43.9 Å². The van der Waals surface area contributed by atoms with Crippen LogP contribution < -0.4 is 9.80 Å². The van der Waals surface area contributed by atoms with Gasteiger partial charge in [-0.2, -0.15) is 0 Å². The normalized spacial score (nSPS) is 15.5. The molecule has 168 valence electrons. The maximum atomic E-state index is 13.3. The van der Waals surface area contributed by atoms with Crippen molar-refractivity contribution >= 4 is 23.2 Å². The number of nitrogens with zero attached hydrogens (tertiary/aromatic N) is 3. The van der Waals surface area contributed by atoms with E-state index in [0.717, 1.165) is 30.8 Å². The molecular weight excluding hydrogens is 410 g/mol. The maximum Gasteiger partial charge on any atom is 0.258 e. The molecule has 0 spiro atoms. The summed E-state index contributed by atoms with van der Waals surface area (Å²) in [5.41, 5.74) is 7.16. The molecule has 3 aromatic rings. The smallest absolute Gasteiger partial charge is 0.258 e. The van der Waals surface area contributed by atoms with E-state index in [0.29, 0.717) is 30.8 Å². The largest absolute Gasteiger partial charge is 0.368 e. The molecule has 1 fully saturated rings. The summed E-state index contributed by atoms with van der Waals surface area (Å²) in [7, 11) is 0. The van der Waals surface area contributed by atoms with Crippen LogP contribution in [0.2, 0.25) is 0 Å². The predicted octanol–water partition coefficient (Wildman–Crippen LogP) is 4.47. The highest BCUT2D eigenvalue weighted by Crippen LogP contribution is 2.31. The molecule has 2 aliphatic heterocycles. The number of carbonyl (C=O) groups excluding carboxylic acids is 2. The molecule has 2 heterocycles. The number of anilines is 2. The van der Waals surface area contributed by atoms with E-state index in [4.69, 9.17) is 0 Å². The first-order chi connectivity index (χ1) is 16.0. The van der Waals surface area contributed by atoms with Crippen LogP contribution in [0.25, 0.3) is 0 Å². The Morgan fingerprint density at radius 3 is 2.21 bits per heavy atom. The van der Waals surface area contributed by atoms with E-state index in [1.54, 1.807) is 4.90 Å². The Bertz CT molecular complexity index is 1200. The van der Waals surface area contributed by atoms with Gasteiger partial charge in [0.2, 0.25) is 0 Å². The van der Waals surface area contributed by atoms with Crippen LogP contribution in [0.3, 0.4) is 0 Å². The zero-order valence-corrected chi connectivity index (χ0v) is 19.3. The summed E-state index contributed by atoms with van der Waals surface area (Å²) >= 11 is 0. The van der Waals surface area contributed by atoms with Crippen molar-refractivity contribution in [2.24, 2.45) is 0 Å². The molecule has 5 rings (SSSR count). The third kappa shape index (κ3) is 3.99. The van der Waals surface area contributed by atoms with Gasteiger partial charge < -0.3 is 14.7 Å². The Labute approximate surface area is 195 Å². The fourth-order valence-corrected chi connectivity index (χ4v) is 4.87. The lowest BCUT2D eigenvalue weighted by Gasteiger charge is -2.37. The molecule has 5 heteroatoms. The van der Waals surface area contributed by atoms with Crippen molar-refractivity contribution in [2.75, 3.05) is 42.5 Å². The lowest BCUT2D eigenvalue weighted by Crippen LogP contribution is -2.49. The van der Waals surface area contributed by atoms with Crippen molar-refractivity contribution in [1.82, 2.24) is 4.90 Å². The molecule has 33 heavy (non-hydrogen) atoms. The summed E-state index contributed by atoms with van der Waals surface area (Å²) in [5.74, 6) is 0.0264. The number of piperazine rings is 1. The monoisotopic (exact) mass is 439 g/mol. The van der Waals surface area contributed by atoms with Gasteiger partial charge in [-0.15, -0.1) is 0 Å². The van der Waals surface area contributed by atoms with Gasteiger partial charge in [0.15, 0.2) is 0 Å². The fourth-order valence-electron chi connectivity index (χ4n) is 4.87. The Balaban J connectivity index is 1.31. The van der Waals surface area contributed by atoms with Gasteiger partial charge >= 0.3 is 0 Å². The minimum Gasteiger partial charge on any atom is -0.368 e. The molecule has 0 aromatic heterocycles. The van der Waals surface area contributed by atoms with Crippen LogP contribution in [0.4, 0.5) is 11.4 Å². The molecule has 0 atom stereocenters. The number of benzene rings is 3. The van der Waals surface area contributed by atoms with Crippen LogP contribution in [0, 0.1) is 13.8 Å². The van der Waals surface area contributed by atoms with Crippen molar-refractivity contribution in [1.29, 1.82) is 0 Å². The summed E-state index contributed by atoms with van der Waals surface area (Å²) < 4.78 is 0. The molecule has 0 N–H and O–H groups in total. The van der Waals surface area contributed by atoms with Crippen molar-refractivity contribution < 1.29 is 9.59 Å². The average molecular weight is 440 g/mol. The molecule has 0 bridgehead atoms. The number of amides is 2. The first-order valence-corrected chi connectivity index (χ1v) is 11.6. The van der Waals surface area contributed by atoms with Gasteiger partial charge in [0, 0.05) is 55.2 Å². The predicted molar refractivity (Wildman–Crippen MR) is 132 cm³/mol. The standard InChI is InChI=1S/C28H29N3O2/c1-20-7-6-10-25(21(20)2)29-15-17-30(18-16-29)27(32)24-12-11-22-13-14-31(26(22)19-24)28(33)23-8-4-3-5-9-23/h3-12,19H,13-18H2,1-2H3. The van der Waals surface area contributed by atoms with Crippen LogP contribution in [0.5, 0.6) is 0 Å². The van der Waals surface area contributed by atoms with Crippen LogP contribution in [-0.4, -0.2) is 49.4 Å². The zero-order valence-electron chi connectivity index (χ0n) is 19.3. The maximum absolute atomic E-state index is 13.3. The summed E-state index contributed by atoms with van der Waals surface area (Å²) in [6, 6.07) is 21.6. The van der Waals surface area contributed by atoms with E-state index in [2.05, 4.69) is 36.9 Å². The van der Waals surface area contributed by atoms with Crippen LogP contribution in [-0.2, 0) is 6.42 Å². The molecule has 2 amide bonds. The summed E-state index contributed by atoms with van der Waals surface area (Å²) in [5, 5.41) is 0. The quantitative estimate of drug-likeness (QED) is 0.605. The van der Waals surface area contributed by atoms with E-state index in [1.807, 2.05) is 53.4 Å². The number of hydrogen-bond acceptors (Lipinski definition) is 3. The number of carbonyl (C=O) groups is 2. The number of hydrogen-bond donors (Lipinski definition) is 0. The fraction of sp³-hybridized carbons (Fsp3) is 0.286. The number of fused-ring (bicyclic) bond motifs is 1. The van der Waals surface area contributed by atoms with Crippen LogP contribution in [0.15, 0.2) is 66.7 Å². The molecular formula is C28H29N3O2. The molecule has 0 saturated carbocycles. The van der Waals surface area contributed by atoms with Crippen molar-refractivity contribution in [3.63, 3.8) is 0 Å². The van der Waals surface area contributed by atoms with Gasteiger partial charge in [-0.25, -0.2) is 0 Å². The van der Waals surface area contributed by atoms with E-state index >= 15 is 0 Å². The highest BCUT2D eigenvalue weighted by Gasteiger charge is 2.28. The second-order valence-electron chi connectivity index (χ2n) is 8.91. The van der Waals surface area contributed by atoms with E-state index in [9.17, 15) is 9.59 Å². The third-order valence-corrected chi connectivity index (χ3v) is 6.98. The SMILES string of the molecule is Cc1cccc(N2CCN(C(=O)c3ccc4c(c3)N(C(=O)c3ccccc3)CC4)CC2)c1C. The third-order valence-electron chi connectivity index (χ3n) is 6.98. The molecule has 3 aromatic carbocycles. The highest BCUT2D eigenvalue weighted by molar-refractivity contribution is 6.08. The lowest BCUT2D eigenvalue weighted by atomic mass is 10.1. The van der Waals surface area contributed by atoms with Crippen LogP contribution in [0.1, 0.15) is 37.4 Å². The van der Waals surface area contributed by atoms with E-state index in [-0.39, 0.29) is 11.8 Å². The number of rotatable bonds is 3. The molecule has 1 saturated heterocycles. The van der Waals surface area contributed by atoms with Crippen molar-refractivity contribution in [2.45, 2.75) is 20.3 Å². The van der Waals surface area contributed by atoms with Crippen LogP contribution >= 0.6 is 0 Å². The van der Waals surface area contributed by atoms with Crippen molar-refractivity contribution in [3.8, 4) is 0 Å². The second-order valence-corrected chi connectivity index (χ2v) is 8.91. The summed E-state index contributed by atoms with van der Waals surface area (Å²) in [4.78, 5) is 32.5. The van der Waals surface area contributed by atoms with Gasteiger partial charge in [0.25, 0.3) is 11.8 Å². The minimum absolute atomic E-state index is 0.0129. The summed E-state index contributed by atoms with van der Waals surface area (Å²) in [6.45, 7) is 7.97. The Morgan fingerprint density at radius 1 is 0.697 bits per heavy atom. The first-order valence-electron chi connectivity index (χ1n) is 11.6. The van der Waals surface area contributed by atoms with Gasteiger partial charge in [-0.05, 0) is 67.3 Å². The molecule has 5 nitrogen and oxygen atoms in total. The Hall–Kier alpha value is -3.60. The van der Waals surface area contributed by atoms with Gasteiger partial charge in [-0.1, -0.05) is 36.4 Å². The zero-order chi connectivity index (χ0) is 22.9. The van der Waals surface area contributed by atoms with E-state index in [1.165, 1.54) is 16.8 Å². The van der Waals surface area contributed by atoms with Gasteiger partial charge in [0.05, 0.1) is 0 Å². The summed E-state index contributed by atoms with van der Waals surface area (Å²) in [6.07, 6.45) is 0.816. The lowest BCUT2D eigenvalue weighted by molar-refractivity contribution is 0.0746. The first kappa shape index (κ1) is 21.3. The molecule has 0 unspecified atom stereocenters. The van der Waals surface area contributed by atoms with Gasteiger partial charge in [-0.3, -0.25) is 9.59 Å². The highest BCUT2D eigenvalue weighted by atomic mass is 16.2. The second kappa shape index (κ2) is 8.74. The average Bonchev–Trinajstić information content (AvgIpc) is 3.29. The molecule has 0 aliphatic carbocycles. The Kier molecular flexibility index (Phi) is 5.63. The van der Waals surface area contributed by atoms with Gasteiger partial charge in [0.1, 0.15) is 0 Å². The van der Waals surface area contributed by atoms with Crippen molar-refractivity contribution in [3.05, 3.63) is 94.5 Å². The molecule has 0 radical (unpaired) electrons. The number of aryl methyl sites for hydroxylation is 1. The molecule has 2 aliphatic rings. The minimum atomic E-state index is -0.0129.